The molecular weight excluding hydrogens is 364 g/mol. The van der Waals surface area contributed by atoms with E-state index in [-0.39, 0.29) is 0 Å². The van der Waals surface area contributed by atoms with E-state index in [0.717, 1.165) is 32.8 Å². The molecule has 28 heavy (non-hydrogen) atoms. The molecule has 3 nitrogen and oxygen atoms in total. The van der Waals surface area contributed by atoms with Crippen LogP contribution in [0.5, 0.6) is 0 Å². The first-order chi connectivity index (χ1) is 13.8. The number of fused-ring (bicyclic) bond motifs is 3. The van der Waals surface area contributed by atoms with Crippen molar-refractivity contribution >= 4 is 43.4 Å². The largest absolute Gasteiger partial charge is 0.436 e. The van der Waals surface area contributed by atoms with Crippen LogP contribution in [-0.2, 0) is 0 Å². The lowest BCUT2D eigenvalue weighted by molar-refractivity contribution is 0.620. The monoisotopic (exact) mass is 378 g/mol. The minimum atomic E-state index is 0.641. The first-order valence-corrected chi connectivity index (χ1v) is 9.91. The lowest BCUT2D eigenvalue weighted by Crippen LogP contribution is -1.78. The maximum absolute atomic E-state index is 6.10. The number of para-hydroxylation sites is 1. The summed E-state index contributed by atoms with van der Waals surface area (Å²) in [6.07, 6.45) is 0. The zero-order valence-electron chi connectivity index (χ0n) is 14.8. The second-order valence-electron chi connectivity index (χ2n) is 6.75. The number of hydrogen-bond donors (Lipinski definition) is 0. The van der Waals surface area contributed by atoms with Crippen molar-refractivity contribution in [2.24, 2.45) is 0 Å². The third kappa shape index (κ3) is 2.50. The van der Waals surface area contributed by atoms with Gasteiger partial charge in [0.25, 0.3) is 0 Å². The molecule has 0 fully saturated rings. The molecule has 6 aromatic rings. The third-order valence-electron chi connectivity index (χ3n) is 4.93. The van der Waals surface area contributed by atoms with Gasteiger partial charge >= 0.3 is 0 Å². The van der Waals surface area contributed by atoms with E-state index in [2.05, 4.69) is 47.4 Å². The van der Waals surface area contributed by atoms with E-state index in [4.69, 9.17) is 9.40 Å². The quantitative estimate of drug-likeness (QED) is 0.328. The summed E-state index contributed by atoms with van der Waals surface area (Å²) in [5, 5.41) is 3.38. The van der Waals surface area contributed by atoms with Crippen molar-refractivity contribution in [3.8, 4) is 22.0 Å². The highest BCUT2D eigenvalue weighted by atomic mass is 32.1. The van der Waals surface area contributed by atoms with Crippen molar-refractivity contribution < 1.29 is 4.42 Å². The van der Waals surface area contributed by atoms with Crippen LogP contribution in [0.15, 0.2) is 89.3 Å². The summed E-state index contributed by atoms with van der Waals surface area (Å²) in [6.45, 7) is 0. The van der Waals surface area contributed by atoms with Crippen LogP contribution in [0.3, 0.4) is 0 Å². The highest BCUT2D eigenvalue weighted by Crippen LogP contribution is 2.33. The van der Waals surface area contributed by atoms with Gasteiger partial charge in [0.2, 0.25) is 5.89 Å². The first kappa shape index (κ1) is 15.5. The van der Waals surface area contributed by atoms with E-state index in [0.29, 0.717) is 5.89 Å². The molecule has 0 aliphatic rings. The molecule has 0 amide bonds. The van der Waals surface area contributed by atoms with Crippen LogP contribution in [0.4, 0.5) is 0 Å². The number of benzene rings is 4. The SMILES string of the molecule is c1ccc2cc(-c3nc4ccc(-c5nc6ccccc6s5)cc4o3)ccc2c1. The van der Waals surface area contributed by atoms with E-state index >= 15 is 0 Å². The molecule has 4 aromatic carbocycles. The molecule has 0 saturated carbocycles. The minimum absolute atomic E-state index is 0.641. The molecule has 0 bridgehead atoms. The predicted molar refractivity (Wildman–Crippen MR) is 116 cm³/mol. The fourth-order valence-electron chi connectivity index (χ4n) is 3.50. The van der Waals surface area contributed by atoms with E-state index in [1.807, 2.05) is 42.5 Å². The normalized spacial score (nSPS) is 11.6. The molecule has 0 N–H and O–H groups in total. The van der Waals surface area contributed by atoms with Crippen molar-refractivity contribution in [3.63, 3.8) is 0 Å². The second-order valence-corrected chi connectivity index (χ2v) is 7.78. The molecule has 0 spiro atoms. The lowest BCUT2D eigenvalue weighted by atomic mass is 10.1. The van der Waals surface area contributed by atoms with E-state index < -0.39 is 0 Å². The number of oxazole rings is 1. The molecule has 0 atom stereocenters. The summed E-state index contributed by atoms with van der Waals surface area (Å²) < 4.78 is 7.29. The summed E-state index contributed by atoms with van der Waals surface area (Å²) >= 11 is 1.69. The molecule has 0 unspecified atom stereocenters. The maximum atomic E-state index is 6.10. The van der Waals surface area contributed by atoms with Gasteiger partial charge in [0.1, 0.15) is 10.5 Å². The maximum Gasteiger partial charge on any atom is 0.227 e. The molecule has 132 valence electrons. The van der Waals surface area contributed by atoms with Gasteiger partial charge in [-0.15, -0.1) is 11.3 Å². The fourth-order valence-corrected chi connectivity index (χ4v) is 4.46. The molecule has 6 rings (SSSR count). The van der Waals surface area contributed by atoms with Crippen molar-refractivity contribution in [2.45, 2.75) is 0 Å². The number of hydrogen-bond acceptors (Lipinski definition) is 4. The Morgan fingerprint density at radius 1 is 0.643 bits per heavy atom. The Bertz CT molecular complexity index is 1450. The third-order valence-corrected chi connectivity index (χ3v) is 6.01. The Hall–Kier alpha value is -3.50. The summed E-state index contributed by atoms with van der Waals surface area (Å²) in [4.78, 5) is 9.43. The minimum Gasteiger partial charge on any atom is -0.436 e. The number of aromatic nitrogens is 2. The highest BCUT2D eigenvalue weighted by Gasteiger charge is 2.12. The first-order valence-electron chi connectivity index (χ1n) is 9.09. The van der Waals surface area contributed by atoms with Crippen LogP contribution in [0, 0.1) is 0 Å². The average molecular weight is 378 g/mol. The van der Waals surface area contributed by atoms with E-state index in [1.165, 1.54) is 15.5 Å². The Morgan fingerprint density at radius 2 is 1.46 bits per heavy atom. The smallest absolute Gasteiger partial charge is 0.227 e. The molecule has 0 saturated heterocycles. The van der Waals surface area contributed by atoms with Crippen LogP contribution in [-0.4, -0.2) is 9.97 Å². The Labute approximate surface area is 164 Å². The molecular formula is C24H14N2OS. The van der Waals surface area contributed by atoms with Crippen LogP contribution in [0.25, 0.3) is 54.1 Å². The van der Waals surface area contributed by atoms with Gasteiger partial charge in [0.15, 0.2) is 5.58 Å². The van der Waals surface area contributed by atoms with Crippen molar-refractivity contribution in [1.29, 1.82) is 0 Å². The van der Waals surface area contributed by atoms with Gasteiger partial charge in [-0.1, -0.05) is 42.5 Å². The van der Waals surface area contributed by atoms with Crippen LogP contribution >= 0.6 is 11.3 Å². The topological polar surface area (TPSA) is 38.9 Å². The Kier molecular flexibility index (Phi) is 3.34. The predicted octanol–water partition coefficient (Wildman–Crippen LogP) is 6.92. The number of rotatable bonds is 2. The zero-order chi connectivity index (χ0) is 18.5. The van der Waals surface area contributed by atoms with Crippen LogP contribution < -0.4 is 0 Å². The Morgan fingerprint density at radius 3 is 2.39 bits per heavy atom. The zero-order valence-corrected chi connectivity index (χ0v) is 15.6. The summed E-state index contributed by atoms with van der Waals surface area (Å²) in [6, 6.07) is 28.9. The molecule has 4 heteroatoms. The van der Waals surface area contributed by atoms with Gasteiger partial charge in [-0.3, -0.25) is 0 Å². The van der Waals surface area contributed by atoms with Gasteiger partial charge in [-0.05, 0) is 53.2 Å². The van der Waals surface area contributed by atoms with Gasteiger partial charge in [-0.2, -0.15) is 0 Å². The molecule has 2 heterocycles. The van der Waals surface area contributed by atoms with E-state index in [9.17, 15) is 0 Å². The Balaban J connectivity index is 1.45. The van der Waals surface area contributed by atoms with Crippen molar-refractivity contribution in [2.75, 3.05) is 0 Å². The average Bonchev–Trinajstić information content (AvgIpc) is 3.37. The standard InChI is InChI=1S/C24H14N2OS/c1-2-6-16-13-17(10-9-15(16)5-1)23-25-19-12-11-18(14-21(19)27-23)24-26-20-7-3-4-8-22(20)28-24/h1-14H. The van der Waals surface area contributed by atoms with Gasteiger partial charge < -0.3 is 4.42 Å². The van der Waals surface area contributed by atoms with Crippen molar-refractivity contribution in [3.05, 3.63) is 84.9 Å². The van der Waals surface area contributed by atoms with E-state index in [1.54, 1.807) is 11.3 Å². The van der Waals surface area contributed by atoms with Crippen LogP contribution in [0.2, 0.25) is 0 Å². The van der Waals surface area contributed by atoms with Gasteiger partial charge in [-0.25, -0.2) is 9.97 Å². The van der Waals surface area contributed by atoms with Crippen molar-refractivity contribution in [1.82, 2.24) is 9.97 Å². The summed E-state index contributed by atoms with van der Waals surface area (Å²) in [5.41, 5.74) is 4.69. The molecule has 0 radical (unpaired) electrons. The molecule has 0 aliphatic carbocycles. The van der Waals surface area contributed by atoms with Crippen LogP contribution in [0.1, 0.15) is 0 Å². The summed E-state index contributed by atoms with van der Waals surface area (Å²) in [5.74, 6) is 0.641. The lowest BCUT2D eigenvalue weighted by Gasteiger charge is -1.99. The number of thiazole rings is 1. The van der Waals surface area contributed by atoms with Gasteiger partial charge in [0, 0.05) is 11.1 Å². The summed E-state index contributed by atoms with van der Waals surface area (Å²) in [7, 11) is 0. The molecule has 2 aromatic heterocycles. The second kappa shape index (κ2) is 6.01. The van der Waals surface area contributed by atoms with Gasteiger partial charge in [0.05, 0.1) is 10.2 Å². The highest BCUT2D eigenvalue weighted by molar-refractivity contribution is 7.21. The number of nitrogens with zero attached hydrogens (tertiary/aromatic N) is 2. The fraction of sp³-hybridized carbons (Fsp3) is 0. The molecule has 0 aliphatic heterocycles.